The highest BCUT2D eigenvalue weighted by Gasteiger charge is 2.04. The minimum Gasteiger partial charge on any atom is -0.378 e. The van der Waals surface area contributed by atoms with E-state index in [9.17, 15) is 0 Å². The Labute approximate surface area is 161 Å². The van der Waals surface area contributed by atoms with Crippen LogP contribution in [0, 0.1) is 11.8 Å². The molecule has 0 aromatic carbocycles. The first-order chi connectivity index (χ1) is 13.4. The van der Waals surface area contributed by atoms with Crippen LogP contribution in [0.15, 0.2) is 24.4 Å². The van der Waals surface area contributed by atoms with Crippen molar-refractivity contribution in [3.8, 4) is 11.8 Å². The Kier molecular flexibility index (Phi) is 12.5. The maximum Gasteiger partial charge on any atom is 0.113 e. The second-order valence-corrected chi connectivity index (χ2v) is 5.85. The van der Waals surface area contributed by atoms with Crippen molar-refractivity contribution < 1.29 is 23.7 Å². The lowest BCUT2D eigenvalue weighted by atomic mass is 10.3. The van der Waals surface area contributed by atoms with Gasteiger partial charge in [0.1, 0.15) is 5.69 Å². The zero-order chi connectivity index (χ0) is 18.8. The molecule has 1 aliphatic rings. The fraction of sp³-hybridized carbons (Fsp3) is 0.650. The van der Waals surface area contributed by atoms with Crippen molar-refractivity contribution in [2.45, 2.75) is 0 Å². The van der Waals surface area contributed by atoms with Gasteiger partial charge in [-0.3, -0.25) is 4.90 Å². The zero-order valence-corrected chi connectivity index (χ0v) is 15.9. The standard InChI is InChI=1S/C20H30N2O5/c1-2-6-21-20(4-1)5-3-7-22-8-10-23-12-14-25-16-18-27-19-17-26-15-13-24-11-9-22/h1-2,4,6H,7-19H2. The number of hydrogen-bond donors (Lipinski definition) is 0. The molecule has 1 aliphatic heterocycles. The van der Waals surface area contributed by atoms with Crippen molar-refractivity contribution in [2.24, 2.45) is 0 Å². The van der Waals surface area contributed by atoms with Crippen LogP contribution >= 0.6 is 0 Å². The average Bonchev–Trinajstić information content (AvgIpc) is 2.70. The maximum absolute atomic E-state index is 5.65. The van der Waals surface area contributed by atoms with E-state index in [1.807, 2.05) is 18.2 Å². The number of hydrogen-bond acceptors (Lipinski definition) is 7. The van der Waals surface area contributed by atoms with E-state index in [-0.39, 0.29) is 0 Å². The quantitative estimate of drug-likeness (QED) is 0.671. The highest BCUT2D eigenvalue weighted by Crippen LogP contribution is 1.93. The first kappa shape index (κ1) is 21.8. The van der Waals surface area contributed by atoms with Gasteiger partial charge in [0.15, 0.2) is 0 Å². The Bertz CT molecular complexity index is 514. The molecule has 0 spiro atoms. The Morgan fingerprint density at radius 2 is 1.26 bits per heavy atom. The van der Waals surface area contributed by atoms with Gasteiger partial charge in [-0.05, 0) is 18.1 Å². The molecule has 2 heterocycles. The number of ether oxygens (including phenoxy) is 5. The van der Waals surface area contributed by atoms with E-state index < -0.39 is 0 Å². The third-order valence-electron chi connectivity index (χ3n) is 3.78. The van der Waals surface area contributed by atoms with Crippen LogP contribution < -0.4 is 0 Å². The van der Waals surface area contributed by atoms with Crippen LogP contribution in [-0.2, 0) is 23.7 Å². The van der Waals surface area contributed by atoms with Crippen LogP contribution in [-0.4, -0.2) is 95.6 Å². The molecule has 0 saturated carbocycles. The van der Waals surface area contributed by atoms with E-state index in [2.05, 4.69) is 21.7 Å². The molecule has 0 bridgehead atoms. The summed E-state index contributed by atoms with van der Waals surface area (Å²) >= 11 is 0. The summed E-state index contributed by atoms with van der Waals surface area (Å²) in [7, 11) is 0. The van der Waals surface area contributed by atoms with Crippen LogP contribution in [0.1, 0.15) is 5.69 Å². The number of nitrogens with zero attached hydrogens (tertiary/aromatic N) is 2. The summed E-state index contributed by atoms with van der Waals surface area (Å²) in [6, 6.07) is 5.73. The molecule has 150 valence electrons. The molecule has 1 fully saturated rings. The molecule has 0 atom stereocenters. The molecule has 7 nitrogen and oxygen atoms in total. The first-order valence-corrected chi connectivity index (χ1v) is 9.46. The Balaban J connectivity index is 1.74. The molecule has 1 saturated heterocycles. The lowest BCUT2D eigenvalue weighted by Crippen LogP contribution is -2.32. The smallest absolute Gasteiger partial charge is 0.113 e. The zero-order valence-electron chi connectivity index (χ0n) is 15.9. The summed E-state index contributed by atoms with van der Waals surface area (Å²) in [4.78, 5) is 6.43. The Morgan fingerprint density at radius 3 is 1.74 bits per heavy atom. The fourth-order valence-corrected chi connectivity index (χ4v) is 2.32. The lowest BCUT2D eigenvalue weighted by molar-refractivity contribution is -0.0178. The minimum absolute atomic E-state index is 0.571. The predicted octanol–water partition coefficient (Wildman–Crippen LogP) is 0.832. The Morgan fingerprint density at radius 1 is 0.741 bits per heavy atom. The summed E-state index contributed by atoms with van der Waals surface area (Å²) < 4.78 is 27.6. The summed E-state index contributed by atoms with van der Waals surface area (Å²) in [6.07, 6.45) is 1.75. The first-order valence-electron chi connectivity index (χ1n) is 9.46. The van der Waals surface area contributed by atoms with Gasteiger partial charge >= 0.3 is 0 Å². The van der Waals surface area contributed by atoms with E-state index >= 15 is 0 Å². The molecule has 0 N–H and O–H groups in total. The molecule has 0 unspecified atom stereocenters. The molecular weight excluding hydrogens is 348 g/mol. The molecular formula is C20H30N2O5. The van der Waals surface area contributed by atoms with Crippen molar-refractivity contribution in [1.29, 1.82) is 0 Å². The van der Waals surface area contributed by atoms with E-state index in [1.165, 1.54) is 0 Å². The maximum atomic E-state index is 5.65. The van der Waals surface area contributed by atoms with Crippen molar-refractivity contribution in [3.05, 3.63) is 30.1 Å². The fourth-order valence-electron chi connectivity index (χ4n) is 2.32. The van der Waals surface area contributed by atoms with Crippen LogP contribution in [0.5, 0.6) is 0 Å². The third-order valence-corrected chi connectivity index (χ3v) is 3.78. The van der Waals surface area contributed by atoms with Gasteiger partial charge < -0.3 is 23.7 Å². The van der Waals surface area contributed by atoms with E-state index in [4.69, 9.17) is 23.7 Å². The second-order valence-electron chi connectivity index (χ2n) is 5.85. The predicted molar refractivity (Wildman–Crippen MR) is 102 cm³/mol. The van der Waals surface area contributed by atoms with Crippen LogP contribution in [0.4, 0.5) is 0 Å². The number of rotatable bonds is 1. The van der Waals surface area contributed by atoms with Crippen molar-refractivity contribution in [3.63, 3.8) is 0 Å². The molecule has 7 heteroatoms. The van der Waals surface area contributed by atoms with Crippen LogP contribution in [0.25, 0.3) is 0 Å². The molecule has 0 aliphatic carbocycles. The summed E-state index contributed by atoms with van der Waals surface area (Å²) in [5.41, 5.74) is 0.782. The van der Waals surface area contributed by atoms with Crippen LogP contribution in [0.2, 0.25) is 0 Å². The summed E-state index contributed by atoms with van der Waals surface area (Å²) in [6.45, 7) is 8.08. The van der Waals surface area contributed by atoms with Crippen molar-refractivity contribution in [1.82, 2.24) is 9.88 Å². The molecule has 27 heavy (non-hydrogen) atoms. The molecule has 0 radical (unpaired) electrons. The monoisotopic (exact) mass is 378 g/mol. The van der Waals surface area contributed by atoms with Gasteiger partial charge in [0.25, 0.3) is 0 Å². The molecule has 0 amide bonds. The highest BCUT2D eigenvalue weighted by atomic mass is 16.6. The van der Waals surface area contributed by atoms with E-state index in [0.717, 1.165) is 18.8 Å². The van der Waals surface area contributed by atoms with Gasteiger partial charge in [-0.25, -0.2) is 4.98 Å². The van der Waals surface area contributed by atoms with Crippen molar-refractivity contribution >= 4 is 0 Å². The minimum atomic E-state index is 0.571. The second kappa shape index (κ2) is 15.5. The number of aromatic nitrogens is 1. The topological polar surface area (TPSA) is 62.3 Å². The van der Waals surface area contributed by atoms with Gasteiger partial charge in [0.05, 0.1) is 72.6 Å². The van der Waals surface area contributed by atoms with Crippen LogP contribution in [0.3, 0.4) is 0 Å². The van der Waals surface area contributed by atoms with Gasteiger partial charge in [-0.2, -0.15) is 0 Å². The van der Waals surface area contributed by atoms with Gasteiger partial charge in [-0.1, -0.05) is 12.0 Å². The normalized spacial score (nSPS) is 20.0. The average molecular weight is 378 g/mol. The largest absolute Gasteiger partial charge is 0.378 e. The van der Waals surface area contributed by atoms with Gasteiger partial charge in [-0.15, -0.1) is 0 Å². The number of pyridine rings is 1. The highest BCUT2D eigenvalue weighted by molar-refractivity contribution is 5.26. The van der Waals surface area contributed by atoms with E-state index in [0.29, 0.717) is 72.6 Å². The molecule has 1 aromatic heterocycles. The van der Waals surface area contributed by atoms with Gasteiger partial charge in [0, 0.05) is 19.3 Å². The summed E-state index contributed by atoms with van der Waals surface area (Å²) in [5, 5.41) is 0. The van der Waals surface area contributed by atoms with Crippen molar-refractivity contribution in [2.75, 3.05) is 85.7 Å². The SMILES string of the molecule is C(#Cc1ccccn1)CN1CCOCCOCCOCCOCCOCC1. The van der Waals surface area contributed by atoms with E-state index in [1.54, 1.807) is 6.20 Å². The molecule has 2 rings (SSSR count). The lowest BCUT2D eigenvalue weighted by Gasteiger charge is -2.20. The third kappa shape index (κ3) is 11.7. The molecule has 1 aromatic rings. The van der Waals surface area contributed by atoms with Gasteiger partial charge in [0.2, 0.25) is 0 Å². The summed E-state index contributed by atoms with van der Waals surface area (Å²) in [5.74, 6) is 6.27. The Hall–Kier alpha value is -1.53.